The van der Waals surface area contributed by atoms with Crippen LogP contribution in [0, 0.1) is 0 Å². The molecule has 3 aromatic rings. The van der Waals surface area contributed by atoms with E-state index in [9.17, 15) is 13.2 Å². The summed E-state index contributed by atoms with van der Waals surface area (Å²) < 4.78 is 27.3. The van der Waals surface area contributed by atoms with E-state index in [1.165, 1.54) is 42.5 Å². The normalized spacial score (nSPS) is 11.1. The van der Waals surface area contributed by atoms with Crippen molar-refractivity contribution in [3.05, 3.63) is 54.0 Å². The Bertz CT molecular complexity index is 984. The van der Waals surface area contributed by atoms with E-state index in [1.807, 2.05) is 6.07 Å². The molecule has 0 aliphatic rings. The number of nitrogens with one attached hydrogen (secondary N) is 2. The number of sulfonamides is 1. The van der Waals surface area contributed by atoms with Gasteiger partial charge in [0, 0.05) is 24.2 Å². The summed E-state index contributed by atoms with van der Waals surface area (Å²) in [5, 5.41) is 4.58. The topological polar surface area (TPSA) is 101 Å². The molecule has 2 heterocycles. The first-order valence-corrected chi connectivity index (χ1v) is 9.58. The van der Waals surface area contributed by atoms with Gasteiger partial charge in [0.1, 0.15) is 5.69 Å². The Morgan fingerprint density at radius 1 is 1.08 bits per heavy atom. The summed E-state index contributed by atoms with van der Waals surface area (Å²) in [7, 11) is -3.76. The molecule has 2 N–H and O–H groups in total. The van der Waals surface area contributed by atoms with E-state index in [2.05, 4.69) is 20.0 Å². The number of anilines is 2. The summed E-state index contributed by atoms with van der Waals surface area (Å²) in [4.78, 5) is 19.5. The van der Waals surface area contributed by atoms with Crippen LogP contribution in [0.4, 0.5) is 10.8 Å². The average molecular weight is 374 g/mol. The van der Waals surface area contributed by atoms with Crippen molar-refractivity contribution in [2.24, 2.45) is 0 Å². The predicted octanol–water partition coefficient (Wildman–Crippen LogP) is 2.96. The molecule has 0 bridgehead atoms. The van der Waals surface area contributed by atoms with E-state index < -0.39 is 10.0 Å². The van der Waals surface area contributed by atoms with Crippen LogP contribution in [0.5, 0.6) is 0 Å². The van der Waals surface area contributed by atoms with E-state index in [1.54, 1.807) is 23.7 Å². The van der Waals surface area contributed by atoms with E-state index >= 15 is 0 Å². The van der Waals surface area contributed by atoms with Crippen molar-refractivity contribution in [3.63, 3.8) is 0 Å². The molecule has 0 radical (unpaired) electrons. The van der Waals surface area contributed by atoms with Crippen LogP contribution in [-0.4, -0.2) is 24.3 Å². The summed E-state index contributed by atoms with van der Waals surface area (Å²) in [6.45, 7) is 1.38. The summed E-state index contributed by atoms with van der Waals surface area (Å²) >= 11 is 1.18. The minimum absolute atomic E-state index is 0.0798. The number of nitrogens with zero attached hydrogens (tertiary/aromatic N) is 2. The van der Waals surface area contributed by atoms with Gasteiger partial charge in [0.2, 0.25) is 5.91 Å². The highest BCUT2D eigenvalue weighted by molar-refractivity contribution is 7.93. The fourth-order valence-electron chi connectivity index (χ4n) is 2.05. The maximum Gasteiger partial charge on any atom is 0.263 e. The number of hydrogen-bond acceptors (Lipinski definition) is 6. The quantitative estimate of drug-likeness (QED) is 0.715. The molecule has 0 spiro atoms. The second-order valence-electron chi connectivity index (χ2n) is 5.06. The highest BCUT2D eigenvalue weighted by atomic mass is 32.2. The lowest BCUT2D eigenvalue weighted by Gasteiger charge is -2.06. The van der Waals surface area contributed by atoms with Crippen LogP contribution >= 0.6 is 11.3 Å². The lowest BCUT2D eigenvalue weighted by atomic mass is 10.3. The van der Waals surface area contributed by atoms with Gasteiger partial charge < -0.3 is 5.32 Å². The largest absolute Gasteiger partial charge is 0.326 e. The van der Waals surface area contributed by atoms with Crippen LogP contribution in [0.1, 0.15) is 6.92 Å². The van der Waals surface area contributed by atoms with Crippen LogP contribution in [0.3, 0.4) is 0 Å². The molecule has 2 aromatic heterocycles. The Morgan fingerprint density at radius 2 is 1.84 bits per heavy atom. The fourth-order valence-corrected chi connectivity index (χ4v) is 4.00. The minimum Gasteiger partial charge on any atom is -0.326 e. The van der Waals surface area contributed by atoms with Crippen molar-refractivity contribution in [2.75, 3.05) is 10.0 Å². The molecule has 0 aliphatic carbocycles. The summed E-state index contributed by atoms with van der Waals surface area (Å²) in [6.07, 6.45) is 1.65. The van der Waals surface area contributed by atoms with Gasteiger partial charge in [0.05, 0.1) is 10.6 Å². The van der Waals surface area contributed by atoms with Gasteiger partial charge in [-0.1, -0.05) is 6.07 Å². The van der Waals surface area contributed by atoms with Crippen molar-refractivity contribution in [2.45, 2.75) is 11.8 Å². The van der Waals surface area contributed by atoms with Crippen LogP contribution in [-0.2, 0) is 14.8 Å². The highest BCUT2D eigenvalue weighted by Gasteiger charge is 2.16. The molecular weight excluding hydrogens is 360 g/mol. The summed E-state index contributed by atoms with van der Waals surface area (Å²) in [5.41, 5.74) is 1.80. The Labute approximate surface area is 148 Å². The van der Waals surface area contributed by atoms with Gasteiger partial charge >= 0.3 is 0 Å². The predicted molar refractivity (Wildman–Crippen MR) is 96.9 cm³/mol. The molecule has 25 heavy (non-hydrogen) atoms. The first kappa shape index (κ1) is 17.1. The number of carbonyl (C=O) groups is 1. The molecule has 3 rings (SSSR count). The monoisotopic (exact) mass is 374 g/mol. The Kier molecular flexibility index (Phi) is 4.77. The van der Waals surface area contributed by atoms with E-state index in [0.29, 0.717) is 17.1 Å². The number of hydrogen-bond donors (Lipinski definition) is 2. The third-order valence-corrected chi connectivity index (χ3v) is 5.38. The zero-order chi connectivity index (χ0) is 17.9. The van der Waals surface area contributed by atoms with Gasteiger partial charge in [-0.25, -0.2) is 13.4 Å². The van der Waals surface area contributed by atoms with Gasteiger partial charge in [-0.05, 0) is 36.4 Å². The molecule has 7 nitrogen and oxygen atoms in total. The van der Waals surface area contributed by atoms with Crippen LogP contribution in [0.2, 0.25) is 0 Å². The number of thiazole rings is 1. The van der Waals surface area contributed by atoms with Crippen LogP contribution in [0.25, 0.3) is 11.4 Å². The lowest BCUT2D eigenvalue weighted by molar-refractivity contribution is -0.114. The SMILES string of the molecule is CC(=O)Nc1ccc(S(=O)(=O)Nc2nc(-c3ccccn3)cs2)cc1. The van der Waals surface area contributed by atoms with Gasteiger partial charge in [-0.15, -0.1) is 11.3 Å². The minimum atomic E-state index is -3.76. The van der Waals surface area contributed by atoms with Gasteiger partial charge in [-0.2, -0.15) is 0 Å². The van der Waals surface area contributed by atoms with Crippen LogP contribution < -0.4 is 10.0 Å². The Balaban J connectivity index is 1.78. The molecule has 1 amide bonds. The van der Waals surface area contributed by atoms with Gasteiger partial charge in [0.25, 0.3) is 10.0 Å². The molecule has 0 saturated carbocycles. The number of carbonyl (C=O) groups excluding carboxylic acids is 1. The van der Waals surface area contributed by atoms with Crippen LogP contribution in [0.15, 0.2) is 58.9 Å². The molecule has 128 valence electrons. The van der Waals surface area contributed by atoms with Crippen molar-refractivity contribution in [1.82, 2.24) is 9.97 Å². The molecule has 1 aromatic carbocycles. The molecular formula is C16H14N4O3S2. The maximum absolute atomic E-state index is 12.4. The van der Waals surface area contributed by atoms with Crippen molar-refractivity contribution in [3.8, 4) is 11.4 Å². The number of benzene rings is 1. The maximum atomic E-state index is 12.4. The van der Waals surface area contributed by atoms with E-state index in [-0.39, 0.29) is 15.9 Å². The van der Waals surface area contributed by atoms with Crippen molar-refractivity contribution >= 4 is 38.1 Å². The van der Waals surface area contributed by atoms with E-state index in [4.69, 9.17) is 0 Å². The molecule has 0 aliphatic heterocycles. The van der Waals surface area contributed by atoms with Crippen molar-refractivity contribution < 1.29 is 13.2 Å². The standard InChI is InChI=1S/C16H14N4O3S2/c1-11(21)18-12-5-7-13(8-6-12)25(22,23)20-16-19-15(10-24-16)14-4-2-3-9-17-14/h2-10H,1H3,(H,18,21)(H,19,20). The fraction of sp³-hybridized carbons (Fsp3) is 0.0625. The van der Waals surface area contributed by atoms with E-state index in [0.717, 1.165) is 0 Å². The Hall–Kier alpha value is -2.78. The first-order chi connectivity index (χ1) is 11.9. The smallest absolute Gasteiger partial charge is 0.263 e. The number of pyridine rings is 1. The number of amides is 1. The molecule has 0 unspecified atom stereocenters. The van der Waals surface area contributed by atoms with Gasteiger partial charge in [0.15, 0.2) is 5.13 Å². The second kappa shape index (κ2) is 6.99. The molecule has 0 atom stereocenters. The second-order valence-corrected chi connectivity index (χ2v) is 7.60. The third kappa shape index (κ3) is 4.20. The molecule has 9 heteroatoms. The third-order valence-electron chi connectivity index (χ3n) is 3.14. The highest BCUT2D eigenvalue weighted by Crippen LogP contribution is 2.25. The van der Waals surface area contributed by atoms with Gasteiger partial charge in [-0.3, -0.25) is 14.5 Å². The number of aromatic nitrogens is 2. The summed E-state index contributed by atoms with van der Waals surface area (Å²) in [5.74, 6) is -0.224. The Morgan fingerprint density at radius 3 is 2.48 bits per heavy atom. The average Bonchev–Trinajstić information content (AvgIpc) is 3.03. The summed E-state index contributed by atoms with van der Waals surface area (Å²) in [6, 6.07) is 11.3. The zero-order valence-corrected chi connectivity index (χ0v) is 14.8. The lowest BCUT2D eigenvalue weighted by Crippen LogP contribution is -2.13. The number of rotatable bonds is 5. The molecule has 0 saturated heterocycles. The molecule has 0 fully saturated rings. The first-order valence-electron chi connectivity index (χ1n) is 7.21. The zero-order valence-electron chi connectivity index (χ0n) is 13.1. The van der Waals surface area contributed by atoms with Crippen molar-refractivity contribution in [1.29, 1.82) is 0 Å².